The molecule has 1 aliphatic heterocycles. The zero-order valence-corrected chi connectivity index (χ0v) is 14.3. The number of hydrogen-bond acceptors (Lipinski definition) is 4. The topological polar surface area (TPSA) is 46.1 Å². The molecule has 0 bridgehead atoms. The summed E-state index contributed by atoms with van der Waals surface area (Å²) in [5.41, 5.74) is 1.14. The van der Waals surface area contributed by atoms with E-state index in [4.69, 9.17) is 17.0 Å². The summed E-state index contributed by atoms with van der Waals surface area (Å²) in [5.74, 6) is 0.771. The Balaban J connectivity index is 1.71. The molecule has 5 nitrogen and oxygen atoms in total. The second-order valence-electron chi connectivity index (χ2n) is 5.97. The highest BCUT2D eigenvalue weighted by molar-refractivity contribution is 7.71. The Morgan fingerprint density at radius 1 is 1.30 bits per heavy atom. The third kappa shape index (κ3) is 4.16. The normalized spacial score (nSPS) is 22.7. The van der Waals surface area contributed by atoms with Gasteiger partial charge in [-0.25, -0.2) is 4.68 Å². The highest BCUT2D eigenvalue weighted by Gasteiger charge is 2.23. The Bertz CT molecular complexity index is 722. The monoisotopic (exact) mass is 330 g/mol. The maximum Gasteiger partial charge on any atom is 0.217 e. The molecule has 0 aliphatic carbocycles. The summed E-state index contributed by atoms with van der Waals surface area (Å²) in [4.78, 5) is 6.77. The molecule has 1 aromatic carbocycles. The summed E-state index contributed by atoms with van der Waals surface area (Å²) in [6.45, 7) is 6.63. The van der Waals surface area contributed by atoms with Crippen LogP contribution in [-0.4, -0.2) is 45.0 Å². The molecule has 1 aliphatic rings. The van der Waals surface area contributed by atoms with Gasteiger partial charge in [-0.05, 0) is 37.7 Å². The number of benzene rings is 1. The lowest BCUT2D eigenvalue weighted by atomic mass is 10.2. The van der Waals surface area contributed by atoms with Crippen LogP contribution in [0.4, 0.5) is 0 Å². The van der Waals surface area contributed by atoms with E-state index in [0.29, 0.717) is 17.5 Å². The standard InChI is InChI=1S/C17H22N4OS/c1-13-11-22-14(2)10-20(13)12-21-17(23)18-16(19-21)9-8-15-6-4-3-5-7-15/h3-9,13-14H,10-12H2,1-2H3,(H,18,19,23)/b9-8+. The van der Waals surface area contributed by atoms with Crippen molar-refractivity contribution in [1.29, 1.82) is 0 Å². The van der Waals surface area contributed by atoms with E-state index in [1.807, 2.05) is 35.0 Å². The summed E-state index contributed by atoms with van der Waals surface area (Å²) in [7, 11) is 0. The van der Waals surface area contributed by atoms with Gasteiger partial charge < -0.3 is 4.74 Å². The van der Waals surface area contributed by atoms with E-state index in [0.717, 1.165) is 24.5 Å². The average Bonchev–Trinajstić information content (AvgIpc) is 2.90. The van der Waals surface area contributed by atoms with Gasteiger partial charge in [0.15, 0.2) is 0 Å². The number of morpholine rings is 1. The molecule has 1 N–H and O–H groups in total. The van der Waals surface area contributed by atoms with Crippen molar-refractivity contribution in [2.75, 3.05) is 13.2 Å². The summed E-state index contributed by atoms with van der Waals surface area (Å²) >= 11 is 5.37. The highest BCUT2D eigenvalue weighted by atomic mass is 32.1. The van der Waals surface area contributed by atoms with Crippen LogP contribution in [0.15, 0.2) is 30.3 Å². The Hall–Kier alpha value is -1.76. The molecule has 2 unspecified atom stereocenters. The van der Waals surface area contributed by atoms with E-state index >= 15 is 0 Å². The van der Waals surface area contributed by atoms with Gasteiger partial charge in [-0.15, -0.1) is 0 Å². The highest BCUT2D eigenvalue weighted by Crippen LogP contribution is 2.13. The SMILES string of the molecule is CC1CN(Cn2[nH]c(/C=C/c3ccccc3)nc2=S)C(C)CO1. The van der Waals surface area contributed by atoms with E-state index in [1.165, 1.54) is 0 Å². The van der Waals surface area contributed by atoms with Gasteiger partial charge in [0.2, 0.25) is 4.77 Å². The molecule has 0 saturated carbocycles. The second kappa shape index (κ2) is 7.21. The van der Waals surface area contributed by atoms with Crippen LogP contribution in [-0.2, 0) is 11.4 Å². The minimum Gasteiger partial charge on any atom is -0.376 e. The van der Waals surface area contributed by atoms with Gasteiger partial charge in [0.05, 0.1) is 19.4 Å². The second-order valence-corrected chi connectivity index (χ2v) is 6.33. The fourth-order valence-electron chi connectivity index (χ4n) is 2.63. The fraction of sp³-hybridized carbons (Fsp3) is 0.412. The van der Waals surface area contributed by atoms with Crippen LogP contribution in [0.1, 0.15) is 25.2 Å². The van der Waals surface area contributed by atoms with Gasteiger partial charge in [-0.1, -0.05) is 36.4 Å². The quantitative estimate of drug-likeness (QED) is 0.875. The third-order valence-electron chi connectivity index (χ3n) is 3.99. The zero-order valence-electron chi connectivity index (χ0n) is 13.5. The Morgan fingerprint density at radius 3 is 2.87 bits per heavy atom. The number of aromatic nitrogens is 3. The molecule has 0 amide bonds. The molecule has 0 spiro atoms. The van der Waals surface area contributed by atoms with Gasteiger partial charge in [0.25, 0.3) is 0 Å². The number of H-pyrrole nitrogens is 1. The molecule has 2 aromatic rings. The maximum atomic E-state index is 5.67. The third-order valence-corrected chi connectivity index (χ3v) is 4.30. The van der Waals surface area contributed by atoms with Crippen LogP contribution in [0.3, 0.4) is 0 Å². The minimum atomic E-state index is 0.251. The van der Waals surface area contributed by atoms with Gasteiger partial charge in [-0.3, -0.25) is 10.00 Å². The van der Waals surface area contributed by atoms with Crippen LogP contribution in [0.25, 0.3) is 12.2 Å². The fourth-order valence-corrected chi connectivity index (χ4v) is 2.84. The molecule has 2 heterocycles. The lowest BCUT2D eigenvalue weighted by molar-refractivity contribution is -0.0624. The lowest BCUT2D eigenvalue weighted by Gasteiger charge is -2.36. The minimum absolute atomic E-state index is 0.251. The van der Waals surface area contributed by atoms with Crippen molar-refractivity contribution in [3.05, 3.63) is 46.5 Å². The number of ether oxygens (including phenoxy) is 1. The van der Waals surface area contributed by atoms with Crippen molar-refractivity contribution in [3.8, 4) is 0 Å². The molecule has 6 heteroatoms. The summed E-state index contributed by atoms with van der Waals surface area (Å²) in [6.07, 6.45) is 4.23. The summed E-state index contributed by atoms with van der Waals surface area (Å²) in [6, 6.07) is 10.5. The molecule has 2 atom stereocenters. The first-order chi connectivity index (χ1) is 11.1. The lowest BCUT2D eigenvalue weighted by Crippen LogP contribution is -2.47. The Kier molecular flexibility index (Phi) is 5.05. The van der Waals surface area contributed by atoms with Crippen molar-refractivity contribution >= 4 is 24.4 Å². The summed E-state index contributed by atoms with van der Waals surface area (Å²) < 4.78 is 8.15. The molecule has 23 heavy (non-hydrogen) atoms. The van der Waals surface area contributed by atoms with Crippen LogP contribution >= 0.6 is 12.2 Å². The Morgan fingerprint density at radius 2 is 2.09 bits per heavy atom. The first kappa shape index (κ1) is 16.1. The molecule has 122 valence electrons. The van der Waals surface area contributed by atoms with Crippen molar-refractivity contribution in [2.24, 2.45) is 0 Å². The van der Waals surface area contributed by atoms with Gasteiger partial charge in [-0.2, -0.15) is 4.98 Å². The summed E-state index contributed by atoms with van der Waals surface area (Å²) in [5, 5.41) is 3.27. The molecule has 1 saturated heterocycles. The predicted molar refractivity (Wildman–Crippen MR) is 94.4 cm³/mol. The van der Waals surface area contributed by atoms with E-state index < -0.39 is 0 Å². The molecule has 1 aromatic heterocycles. The number of nitrogens with zero attached hydrogens (tertiary/aromatic N) is 3. The van der Waals surface area contributed by atoms with Crippen LogP contribution < -0.4 is 0 Å². The van der Waals surface area contributed by atoms with Gasteiger partial charge >= 0.3 is 0 Å². The zero-order chi connectivity index (χ0) is 16.2. The number of hydrogen-bond donors (Lipinski definition) is 1. The van der Waals surface area contributed by atoms with E-state index in [9.17, 15) is 0 Å². The molecule has 0 radical (unpaired) electrons. The van der Waals surface area contributed by atoms with E-state index in [2.05, 4.69) is 41.0 Å². The molecular formula is C17H22N4OS. The van der Waals surface area contributed by atoms with Gasteiger partial charge in [0, 0.05) is 12.6 Å². The number of rotatable bonds is 4. The van der Waals surface area contributed by atoms with Crippen molar-refractivity contribution in [3.63, 3.8) is 0 Å². The first-order valence-corrected chi connectivity index (χ1v) is 8.28. The average molecular weight is 330 g/mol. The smallest absolute Gasteiger partial charge is 0.217 e. The van der Waals surface area contributed by atoms with E-state index in [1.54, 1.807) is 0 Å². The molecule has 3 rings (SSSR count). The van der Waals surface area contributed by atoms with Crippen LogP contribution in [0.2, 0.25) is 0 Å². The van der Waals surface area contributed by atoms with Crippen molar-refractivity contribution in [1.82, 2.24) is 19.7 Å². The number of nitrogens with one attached hydrogen (secondary N) is 1. The van der Waals surface area contributed by atoms with Crippen molar-refractivity contribution in [2.45, 2.75) is 32.7 Å². The van der Waals surface area contributed by atoms with Crippen LogP contribution in [0, 0.1) is 4.77 Å². The first-order valence-electron chi connectivity index (χ1n) is 7.87. The van der Waals surface area contributed by atoms with Crippen molar-refractivity contribution < 1.29 is 4.74 Å². The Labute approximate surface area is 141 Å². The molecule has 1 fully saturated rings. The molecular weight excluding hydrogens is 308 g/mol. The maximum absolute atomic E-state index is 5.67. The largest absolute Gasteiger partial charge is 0.376 e. The van der Waals surface area contributed by atoms with Gasteiger partial charge in [0.1, 0.15) is 5.82 Å². The van der Waals surface area contributed by atoms with Crippen LogP contribution in [0.5, 0.6) is 0 Å². The predicted octanol–water partition coefficient (Wildman–Crippen LogP) is 3.18. The number of aromatic amines is 1. The van der Waals surface area contributed by atoms with E-state index in [-0.39, 0.29) is 6.10 Å².